The van der Waals surface area contributed by atoms with Gasteiger partial charge in [0.2, 0.25) is 0 Å². The van der Waals surface area contributed by atoms with Gasteiger partial charge in [0.1, 0.15) is 17.6 Å². The smallest absolute Gasteiger partial charge is 0.124 e. The summed E-state index contributed by atoms with van der Waals surface area (Å²) in [4.78, 5) is 4.39. The minimum Gasteiger partial charge on any atom is -0.497 e. The van der Waals surface area contributed by atoms with Crippen LogP contribution in [-0.4, -0.2) is 30.9 Å². The second kappa shape index (κ2) is 7.94. The third-order valence-corrected chi connectivity index (χ3v) is 4.49. The van der Waals surface area contributed by atoms with Crippen LogP contribution in [0.15, 0.2) is 42.6 Å². The monoisotopic (exact) mass is 363 g/mol. The molecule has 6 heteroatoms. The molecule has 0 aliphatic carbocycles. The fraction of sp³-hybridized carbons (Fsp3) is 0.238. The van der Waals surface area contributed by atoms with Crippen LogP contribution >= 0.6 is 0 Å². The summed E-state index contributed by atoms with van der Waals surface area (Å²) in [5, 5.41) is 24.2. The normalized spacial score (nSPS) is 11.7. The molecule has 2 aromatic carbocycles. The van der Waals surface area contributed by atoms with Gasteiger partial charge in [-0.1, -0.05) is 18.2 Å². The predicted octanol–water partition coefficient (Wildman–Crippen LogP) is 3.58. The van der Waals surface area contributed by atoms with Crippen molar-refractivity contribution in [3.63, 3.8) is 0 Å². The van der Waals surface area contributed by atoms with Gasteiger partial charge in [-0.25, -0.2) is 0 Å². The molecular weight excluding hydrogens is 342 g/mol. The van der Waals surface area contributed by atoms with E-state index in [1.807, 2.05) is 25.1 Å². The summed E-state index contributed by atoms with van der Waals surface area (Å²) in [6, 6.07) is 13.2. The molecule has 27 heavy (non-hydrogen) atoms. The van der Waals surface area contributed by atoms with Gasteiger partial charge in [-0.2, -0.15) is 5.26 Å². The second-order valence-electron chi connectivity index (χ2n) is 6.13. The number of nitrogens with zero attached hydrogens (tertiary/aromatic N) is 2. The molecule has 0 fully saturated rings. The molecule has 2 N–H and O–H groups in total. The first-order chi connectivity index (χ1) is 13.1. The van der Waals surface area contributed by atoms with E-state index >= 15 is 0 Å². The summed E-state index contributed by atoms with van der Waals surface area (Å²) in [7, 11) is 3.12. The predicted molar refractivity (Wildman–Crippen MR) is 104 cm³/mol. The number of anilines is 1. The lowest BCUT2D eigenvalue weighted by Gasteiger charge is -2.18. The summed E-state index contributed by atoms with van der Waals surface area (Å²) < 4.78 is 10.6. The number of hydrogen-bond donors (Lipinski definition) is 2. The minimum atomic E-state index is -0.852. The van der Waals surface area contributed by atoms with Crippen molar-refractivity contribution < 1.29 is 14.6 Å². The zero-order chi connectivity index (χ0) is 19.4. The first-order valence-electron chi connectivity index (χ1n) is 8.51. The Kier molecular flexibility index (Phi) is 5.43. The molecule has 6 nitrogen and oxygen atoms in total. The fourth-order valence-corrected chi connectivity index (χ4v) is 3.05. The van der Waals surface area contributed by atoms with E-state index in [-0.39, 0.29) is 6.54 Å². The molecule has 0 saturated heterocycles. The third kappa shape index (κ3) is 3.64. The van der Waals surface area contributed by atoms with E-state index in [9.17, 15) is 10.4 Å². The molecule has 1 unspecified atom stereocenters. The maximum atomic E-state index is 10.7. The lowest BCUT2D eigenvalue weighted by molar-refractivity contribution is 0.186. The van der Waals surface area contributed by atoms with Crippen molar-refractivity contribution in [1.29, 1.82) is 5.26 Å². The van der Waals surface area contributed by atoms with Gasteiger partial charge < -0.3 is 19.9 Å². The highest BCUT2D eigenvalue weighted by atomic mass is 16.5. The highest BCUT2D eigenvalue weighted by molar-refractivity contribution is 5.95. The topological polar surface area (TPSA) is 87.4 Å². The number of aliphatic hydroxyl groups is 1. The summed E-state index contributed by atoms with van der Waals surface area (Å²) in [5.41, 5.74) is 3.55. The Labute approximate surface area is 158 Å². The van der Waals surface area contributed by atoms with Crippen LogP contribution in [0.1, 0.15) is 22.8 Å². The van der Waals surface area contributed by atoms with Gasteiger partial charge in [0, 0.05) is 23.7 Å². The molecule has 0 aliphatic heterocycles. The maximum absolute atomic E-state index is 10.7. The Balaban J connectivity index is 1.93. The largest absolute Gasteiger partial charge is 0.497 e. The van der Waals surface area contributed by atoms with E-state index in [0.29, 0.717) is 28.3 Å². The van der Waals surface area contributed by atoms with Crippen LogP contribution in [0, 0.1) is 18.3 Å². The summed E-state index contributed by atoms with van der Waals surface area (Å²) in [5.74, 6) is 1.20. The molecule has 3 aromatic rings. The van der Waals surface area contributed by atoms with Crippen molar-refractivity contribution >= 4 is 16.6 Å². The molecule has 138 valence electrons. The first-order valence-corrected chi connectivity index (χ1v) is 8.51. The lowest BCUT2D eigenvalue weighted by atomic mass is 10.0. The number of nitrogens with one attached hydrogen (secondary N) is 1. The van der Waals surface area contributed by atoms with Crippen molar-refractivity contribution in [2.24, 2.45) is 0 Å². The van der Waals surface area contributed by atoms with Crippen LogP contribution in [0.2, 0.25) is 0 Å². The van der Waals surface area contributed by atoms with Gasteiger partial charge in [-0.3, -0.25) is 4.98 Å². The first kappa shape index (κ1) is 18.5. The number of aromatic nitrogens is 1. The van der Waals surface area contributed by atoms with E-state index in [4.69, 9.17) is 9.47 Å². The van der Waals surface area contributed by atoms with Crippen LogP contribution in [0.3, 0.4) is 0 Å². The minimum absolute atomic E-state index is 0.200. The maximum Gasteiger partial charge on any atom is 0.124 e. The molecule has 3 rings (SSSR count). The van der Waals surface area contributed by atoms with Crippen molar-refractivity contribution in [2.75, 3.05) is 26.1 Å². The van der Waals surface area contributed by atoms with Crippen molar-refractivity contribution in [3.8, 4) is 17.6 Å². The van der Waals surface area contributed by atoms with Gasteiger partial charge in [0.25, 0.3) is 0 Å². The van der Waals surface area contributed by atoms with Crippen LogP contribution < -0.4 is 14.8 Å². The number of nitriles is 1. The average Bonchev–Trinajstić information content (AvgIpc) is 2.71. The Hall–Kier alpha value is -3.30. The molecule has 0 bridgehead atoms. The Morgan fingerprint density at radius 1 is 1.22 bits per heavy atom. The third-order valence-electron chi connectivity index (χ3n) is 4.49. The quantitative estimate of drug-likeness (QED) is 0.696. The number of rotatable bonds is 6. The highest BCUT2D eigenvalue weighted by Gasteiger charge is 2.17. The number of fused-ring (bicyclic) bond motifs is 1. The molecule has 0 amide bonds. The highest BCUT2D eigenvalue weighted by Crippen LogP contribution is 2.31. The van der Waals surface area contributed by atoms with E-state index in [1.54, 1.807) is 38.6 Å². The second-order valence-corrected chi connectivity index (χ2v) is 6.13. The van der Waals surface area contributed by atoms with Crippen molar-refractivity contribution in [3.05, 3.63) is 59.3 Å². The molecule has 1 atom stereocenters. The summed E-state index contributed by atoms with van der Waals surface area (Å²) in [6.07, 6.45) is 0.700. The Morgan fingerprint density at radius 3 is 2.74 bits per heavy atom. The lowest BCUT2D eigenvalue weighted by Crippen LogP contribution is -2.14. The zero-order valence-electron chi connectivity index (χ0n) is 15.5. The number of methoxy groups -OCH3 is 2. The molecule has 0 saturated carbocycles. The van der Waals surface area contributed by atoms with E-state index in [1.165, 1.54) is 0 Å². The van der Waals surface area contributed by atoms with Gasteiger partial charge in [0.05, 0.1) is 37.1 Å². The molecular formula is C21H21N3O3. The number of benzene rings is 2. The number of ether oxygens (including phenoxy) is 2. The van der Waals surface area contributed by atoms with Gasteiger partial charge in [0.15, 0.2) is 0 Å². The summed E-state index contributed by atoms with van der Waals surface area (Å²) >= 11 is 0. The van der Waals surface area contributed by atoms with Crippen molar-refractivity contribution in [2.45, 2.75) is 13.0 Å². The van der Waals surface area contributed by atoms with Gasteiger partial charge in [-0.05, 0) is 30.7 Å². The van der Waals surface area contributed by atoms with E-state index in [2.05, 4.69) is 16.4 Å². The number of para-hydroxylation sites is 1. The van der Waals surface area contributed by atoms with Gasteiger partial charge in [-0.15, -0.1) is 0 Å². The number of hydrogen-bond acceptors (Lipinski definition) is 6. The molecule has 0 spiro atoms. The van der Waals surface area contributed by atoms with Crippen molar-refractivity contribution in [1.82, 2.24) is 4.98 Å². The fourth-order valence-electron chi connectivity index (χ4n) is 3.05. The standard InChI is InChI=1S/C21H21N3O3/c1-13-5-4-6-16-20(13)23-11-14(10-22)21(16)24-12-18(25)17-9-15(26-2)7-8-19(17)27-3/h4-9,11,18,25H,12H2,1-3H3,(H,23,24). The molecule has 1 aromatic heterocycles. The van der Waals surface area contributed by atoms with Crippen LogP contribution in [0.25, 0.3) is 10.9 Å². The zero-order valence-corrected chi connectivity index (χ0v) is 15.5. The van der Waals surface area contributed by atoms with E-state index < -0.39 is 6.10 Å². The van der Waals surface area contributed by atoms with E-state index in [0.717, 1.165) is 16.5 Å². The average molecular weight is 363 g/mol. The number of aryl methyl sites for hydroxylation is 1. The van der Waals surface area contributed by atoms with Crippen LogP contribution in [0.5, 0.6) is 11.5 Å². The summed E-state index contributed by atoms with van der Waals surface area (Å²) in [6.45, 7) is 2.17. The number of aliphatic hydroxyl groups excluding tert-OH is 1. The molecule has 0 aliphatic rings. The Bertz CT molecular complexity index is 1010. The molecule has 0 radical (unpaired) electrons. The number of pyridine rings is 1. The Morgan fingerprint density at radius 2 is 2.04 bits per heavy atom. The van der Waals surface area contributed by atoms with Gasteiger partial charge >= 0.3 is 0 Å². The molecule has 1 heterocycles. The SMILES string of the molecule is COc1ccc(OC)c(C(O)CNc2c(C#N)cnc3c(C)cccc23)c1. The van der Waals surface area contributed by atoms with Crippen LogP contribution in [-0.2, 0) is 0 Å². The van der Waals surface area contributed by atoms with Crippen LogP contribution in [0.4, 0.5) is 5.69 Å².